The van der Waals surface area contributed by atoms with Crippen LogP contribution < -0.4 is 15.3 Å². The lowest BCUT2D eigenvalue weighted by Crippen LogP contribution is -2.39. The van der Waals surface area contributed by atoms with Crippen molar-refractivity contribution in [3.05, 3.63) is 95.2 Å². The Labute approximate surface area is 205 Å². The second kappa shape index (κ2) is 9.21. The minimum Gasteiger partial charge on any atom is -0.325 e. The number of hydrogen-bond acceptors (Lipinski definition) is 4. The molecule has 2 amide bonds. The highest BCUT2D eigenvalue weighted by Gasteiger charge is 2.43. The molecule has 5 rings (SSSR count). The molecule has 0 saturated carbocycles. The molecule has 0 bridgehead atoms. The van der Waals surface area contributed by atoms with Crippen molar-refractivity contribution in [2.24, 2.45) is 5.92 Å². The molecule has 2 heterocycles. The summed E-state index contributed by atoms with van der Waals surface area (Å²) in [7, 11) is 0. The molecule has 0 spiro atoms. The van der Waals surface area contributed by atoms with E-state index in [1.54, 1.807) is 72.0 Å². The number of nitrogens with zero attached hydrogens (tertiary/aromatic N) is 3. The summed E-state index contributed by atoms with van der Waals surface area (Å²) in [4.78, 5) is 26.6. The second-order valence-corrected chi connectivity index (χ2v) is 8.67. The third-order valence-electron chi connectivity index (χ3n) is 5.56. The van der Waals surface area contributed by atoms with Crippen molar-refractivity contribution in [1.82, 2.24) is 10.2 Å². The number of hydrazine groups is 1. The van der Waals surface area contributed by atoms with Gasteiger partial charge in [0.05, 0.1) is 24.1 Å². The maximum absolute atomic E-state index is 13.5. The van der Waals surface area contributed by atoms with Crippen molar-refractivity contribution in [2.45, 2.75) is 0 Å². The first kappa shape index (κ1) is 22.0. The molecule has 0 aliphatic carbocycles. The predicted molar refractivity (Wildman–Crippen MR) is 134 cm³/mol. The molecule has 4 aromatic rings. The number of H-pyrrole nitrogens is 1. The van der Waals surface area contributed by atoms with Gasteiger partial charge in [-0.15, -0.1) is 0 Å². The van der Waals surface area contributed by atoms with Gasteiger partial charge in [0.15, 0.2) is 0 Å². The van der Waals surface area contributed by atoms with E-state index in [0.717, 1.165) is 11.1 Å². The smallest absolute Gasteiger partial charge is 0.260 e. The summed E-state index contributed by atoms with van der Waals surface area (Å²) in [5.74, 6) is -1.67. The fraction of sp³-hybridized carbons (Fsp3) is 0.0800. The van der Waals surface area contributed by atoms with E-state index in [-0.39, 0.29) is 12.5 Å². The molecule has 0 radical (unpaired) electrons. The Hall–Kier alpha value is -3.81. The Morgan fingerprint density at radius 2 is 1.62 bits per heavy atom. The van der Waals surface area contributed by atoms with Gasteiger partial charge in [-0.3, -0.25) is 19.7 Å². The molecule has 1 unspecified atom stereocenters. The van der Waals surface area contributed by atoms with E-state index in [1.165, 1.54) is 5.01 Å². The summed E-state index contributed by atoms with van der Waals surface area (Å²) in [6.07, 6.45) is 3.51. The van der Waals surface area contributed by atoms with Gasteiger partial charge in [-0.05, 0) is 54.1 Å². The van der Waals surface area contributed by atoms with Gasteiger partial charge in [-0.1, -0.05) is 47.5 Å². The molecule has 1 fully saturated rings. The minimum atomic E-state index is -0.925. The van der Waals surface area contributed by atoms with Crippen LogP contribution in [0.3, 0.4) is 0 Å². The molecule has 3 aromatic carbocycles. The second-order valence-electron chi connectivity index (χ2n) is 7.80. The third-order valence-corrected chi connectivity index (χ3v) is 6.03. The lowest BCUT2D eigenvalue weighted by molar-refractivity contribution is -0.128. The predicted octanol–water partition coefficient (Wildman–Crippen LogP) is 5.41. The first-order valence-electron chi connectivity index (χ1n) is 10.5. The molecule has 7 nitrogen and oxygen atoms in total. The van der Waals surface area contributed by atoms with Crippen LogP contribution in [0.5, 0.6) is 0 Å². The lowest BCUT2D eigenvalue weighted by Gasteiger charge is -2.29. The summed E-state index contributed by atoms with van der Waals surface area (Å²) in [6, 6.07) is 21.4. The van der Waals surface area contributed by atoms with Gasteiger partial charge in [0, 0.05) is 27.5 Å². The quantitative estimate of drug-likeness (QED) is 0.366. The number of carbonyl (C=O) groups is 2. The Morgan fingerprint density at radius 1 is 0.941 bits per heavy atom. The summed E-state index contributed by atoms with van der Waals surface area (Å²) < 4.78 is 0. The van der Waals surface area contributed by atoms with Gasteiger partial charge in [0.25, 0.3) is 5.91 Å². The summed E-state index contributed by atoms with van der Waals surface area (Å²) >= 11 is 12.4. The van der Waals surface area contributed by atoms with Crippen LogP contribution in [0, 0.1) is 5.92 Å². The molecule has 1 aromatic heterocycles. The Kier molecular flexibility index (Phi) is 5.96. The molecular formula is C25H19Cl2N5O2. The van der Waals surface area contributed by atoms with Gasteiger partial charge in [0.2, 0.25) is 5.91 Å². The normalized spacial score (nSPS) is 15.6. The molecule has 170 valence electrons. The summed E-state index contributed by atoms with van der Waals surface area (Å²) in [6.45, 7) is 0.157. The number of carbonyl (C=O) groups excluding carboxylic acids is 2. The molecule has 1 saturated heterocycles. The van der Waals surface area contributed by atoms with Crippen molar-refractivity contribution in [3.63, 3.8) is 0 Å². The largest absolute Gasteiger partial charge is 0.325 e. The van der Waals surface area contributed by atoms with Crippen molar-refractivity contribution in [1.29, 1.82) is 0 Å². The number of amides is 2. The average molecular weight is 492 g/mol. The molecule has 1 atom stereocenters. The minimum absolute atomic E-state index is 0.157. The highest BCUT2D eigenvalue weighted by atomic mass is 35.5. The van der Waals surface area contributed by atoms with Crippen LogP contribution in [-0.2, 0) is 9.59 Å². The number of nitrogens with one attached hydrogen (secondary N) is 2. The van der Waals surface area contributed by atoms with Crippen LogP contribution in [0.2, 0.25) is 10.0 Å². The maximum atomic E-state index is 13.5. The number of aromatic amines is 1. The highest BCUT2D eigenvalue weighted by molar-refractivity contribution is 6.31. The summed E-state index contributed by atoms with van der Waals surface area (Å²) in [5.41, 5.74) is 3.76. The fourth-order valence-corrected chi connectivity index (χ4v) is 4.28. The van der Waals surface area contributed by atoms with Crippen molar-refractivity contribution < 1.29 is 9.59 Å². The van der Waals surface area contributed by atoms with E-state index in [2.05, 4.69) is 15.5 Å². The van der Waals surface area contributed by atoms with E-state index in [0.29, 0.717) is 27.1 Å². The number of rotatable bonds is 5. The van der Waals surface area contributed by atoms with E-state index >= 15 is 0 Å². The van der Waals surface area contributed by atoms with Gasteiger partial charge < -0.3 is 5.32 Å². The zero-order valence-electron chi connectivity index (χ0n) is 17.8. The number of anilines is 3. The van der Waals surface area contributed by atoms with E-state index < -0.39 is 11.8 Å². The first-order valence-corrected chi connectivity index (χ1v) is 11.3. The Morgan fingerprint density at radius 3 is 2.26 bits per heavy atom. The molecule has 1 aliphatic heterocycles. The van der Waals surface area contributed by atoms with E-state index in [1.807, 2.05) is 18.2 Å². The molecular weight excluding hydrogens is 473 g/mol. The molecule has 2 N–H and O–H groups in total. The number of benzene rings is 3. The third kappa shape index (κ3) is 4.35. The van der Waals surface area contributed by atoms with Gasteiger partial charge in [0.1, 0.15) is 5.92 Å². The monoisotopic (exact) mass is 491 g/mol. The van der Waals surface area contributed by atoms with Gasteiger partial charge in [-0.25, -0.2) is 5.01 Å². The first-order chi connectivity index (χ1) is 16.5. The van der Waals surface area contributed by atoms with Crippen LogP contribution in [0.25, 0.3) is 11.1 Å². The van der Waals surface area contributed by atoms with Crippen molar-refractivity contribution >= 4 is 52.1 Å². The molecule has 9 heteroatoms. The fourth-order valence-electron chi connectivity index (χ4n) is 3.91. The lowest BCUT2D eigenvalue weighted by atomic mass is 10.1. The maximum Gasteiger partial charge on any atom is 0.260 e. The topological polar surface area (TPSA) is 81.3 Å². The summed E-state index contributed by atoms with van der Waals surface area (Å²) in [5, 5.41) is 13.8. The molecule has 1 aliphatic rings. The SMILES string of the molecule is O=C(Nc1ccc(-c2cn[nH]c2)cc1)C1CN(c2cccc(Cl)c2)N(c2cccc(Cl)c2)C1=O. The zero-order chi connectivity index (χ0) is 23.7. The zero-order valence-corrected chi connectivity index (χ0v) is 19.3. The number of halogens is 2. The van der Waals surface area contributed by atoms with Crippen LogP contribution >= 0.6 is 23.2 Å². The van der Waals surface area contributed by atoms with Crippen molar-refractivity contribution in [3.8, 4) is 11.1 Å². The standard InChI is InChI=1S/C25H19Cl2N5O2/c26-18-3-1-5-21(11-18)31-15-23(25(34)32(31)22-6-2-4-19(27)12-22)24(33)30-20-9-7-16(8-10-20)17-13-28-29-14-17/h1-14,23H,15H2,(H,28,29)(H,30,33). The Bertz CT molecular complexity index is 1340. The van der Waals surface area contributed by atoms with E-state index in [9.17, 15) is 9.59 Å². The van der Waals surface area contributed by atoms with Crippen LogP contribution in [0.1, 0.15) is 0 Å². The van der Waals surface area contributed by atoms with Gasteiger partial charge in [-0.2, -0.15) is 5.10 Å². The Balaban J connectivity index is 1.41. The van der Waals surface area contributed by atoms with Crippen molar-refractivity contribution in [2.75, 3.05) is 21.9 Å². The van der Waals surface area contributed by atoms with Crippen LogP contribution in [0.4, 0.5) is 17.1 Å². The van der Waals surface area contributed by atoms with Gasteiger partial charge >= 0.3 is 0 Å². The number of hydrogen-bond donors (Lipinski definition) is 2. The molecule has 34 heavy (non-hydrogen) atoms. The number of aromatic nitrogens is 2. The van der Waals surface area contributed by atoms with E-state index in [4.69, 9.17) is 23.2 Å². The average Bonchev–Trinajstić information content (AvgIpc) is 3.48. The van der Waals surface area contributed by atoms with Crippen LogP contribution in [-0.4, -0.2) is 28.6 Å². The highest BCUT2D eigenvalue weighted by Crippen LogP contribution is 2.33. The van der Waals surface area contributed by atoms with Crippen LogP contribution in [0.15, 0.2) is 85.2 Å².